The number of nitrogens with one attached hydrogen (secondary N) is 2. The topological polar surface area (TPSA) is 58.2 Å². The Bertz CT molecular complexity index is 798. The second-order valence-electron chi connectivity index (χ2n) is 5.60. The number of hydrogen-bond acceptors (Lipinski definition) is 2. The number of alkyl halides is 3. The molecule has 1 heterocycles. The van der Waals surface area contributed by atoms with Crippen LogP contribution in [0.5, 0.6) is 0 Å². The summed E-state index contributed by atoms with van der Waals surface area (Å²) in [4.78, 5) is 24.1. The monoisotopic (exact) mass is 334 g/mol. The predicted octanol–water partition coefficient (Wildman–Crippen LogP) is 3.10. The van der Waals surface area contributed by atoms with Gasteiger partial charge in [-0.2, -0.15) is 13.2 Å². The molecule has 1 unspecified atom stereocenters. The van der Waals surface area contributed by atoms with Gasteiger partial charge in [0.1, 0.15) is 0 Å². The van der Waals surface area contributed by atoms with Crippen molar-refractivity contribution in [1.29, 1.82) is 0 Å². The molecule has 0 aliphatic carbocycles. The smallest absolute Gasteiger partial charge is 0.316 e. The summed E-state index contributed by atoms with van der Waals surface area (Å²) in [5, 5.41) is 4.70. The average molecular weight is 334 g/mol. The molecule has 2 aromatic carbocycles. The van der Waals surface area contributed by atoms with E-state index in [0.29, 0.717) is 5.56 Å². The summed E-state index contributed by atoms with van der Waals surface area (Å²) in [6.45, 7) is 1.86. The summed E-state index contributed by atoms with van der Waals surface area (Å²) in [7, 11) is 0. The molecule has 0 spiro atoms. The Balaban J connectivity index is 2.14. The maximum Gasteiger partial charge on any atom is 0.416 e. The summed E-state index contributed by atoms with van der Waals surface area (Å²) in [6, 6.07) is 10.3. The number of benzene rings is 2. The Kier molecular flexibility index (Phi) is 3.59. The molecule has 1 fully saturated rings. The lowest BCUT2D eigenvalue weighted by molar-refractivity contribution is -0.137. The van der Waals surface area contributed by atoms with Crippen LogP contribution in [0.15, 0.2) is 48.5 Å². The maximum absolute atomic E-state index is 12.7. The van der Waals surface area contributed by atoms with Crippen molar-refractivity contribution in [1.82, 2.24) is 10.6 Å². The number of carbonyl (C=O) groups is 2. The van der Waals surface area contributed by atoms with E-state index in [-0.39, 0.29) is 5.56 Å². The molecule has 7 heteroatoms. The molecule has 24 heavy (non-hydrogen) atoms. The van der Waals surface area contributed by atoms with Gasteiger partial charge in [-0.1, -0.05) is 42.0 Å². The highest BCUT2D eigenvalue weighted by molar-refractivity contribution is 6.09. The van der Waals surface area contributed by atoms with E-state index in [1.807, 2.05) is 6.92 Å². The van der Waals surface area contributed by atoms with Crippen LogP contribution >= 0.6 is 0 Å². The van der Waals surface area contributed by atoms with Gasteiger partial charge < -0.3 is 5.32 Å². The van der Waals surface area contributed by atoms with Crippen LogP contribution in [0.25, 0.3) is 0 Å². The van der Waals surface area contributed by atoms with E-state index in [9.17, 15) is 22.8 Å². The standard InChI is InChI=1S/C17H13F3N2O2/c1-10-2-4-11(5-3-10)16(14(23)21-15(24)22-16)12-6-8-13(9-7-12)17(18,19)20/h2-9H,1H3,(H2,21,22,23,24). The van der Waals surface area contributed by atoms with Crippen molar-refractivity contribution in [3.05, 3.63) is 70.8 Å². The highest BCUT2D eigenvalue weighted by atomic mass is 19.4. The molecule has 124 valence electrons. The molecule has 3 rings (SSSR count). The molecule has 1 aliphatic heterocycles. The summed E-state index contributed by atoms with van der Waals surface area (Å²) in [6.07, 6.45) is -4.48. The fourth-order valence-electron chi connectivity index (χ4n) is 2.74. The average Bonchev–Trinajstić information content (AvgIpc) is 2.83. The van der Waals surface area contributed by atoms with Crippen molar-refractivity contribution in [2.45, 2.75) is 18.6 Å². The van der Waals surface area contributed by atoms with Crippen LogP contribution in [-0.2, 0) is 16.5 Å². The molecule has 1 saturated heterocycles. The Labute approximate surface area is 135 Å². The Morgan fingerprint density at radius 2 is 1.38 bits per heavy atom. The molecule has 2 aromatic rings. The zero-order valence-electron chi connectivity index (χ0n) is 12.6. The predicted molar refractivity (Wildman–Crippen MR) is 80.1 cm³/mol. The number of carbonyl (C=O) groups excluding carboxylic acids is 2. The third-order valence-electron chi connectivity index (χ3n) is 4.00. The van der Waals surface area contributed by atoms with E-state index >= 15 is 0 Å². The van der Waals surface area contributed by atoms with E-state index in [1.54, 1.807) is 24.3 Å². The first-order valence-corrected chi connectivity index (χ1v) is 7.12. The number of halogens is 3. The Morgan fingerprint density at radius 3 is 1.79 bits per heavy atom. The largest absolute Gasteiger partial charge is 0.416 e. The van der Waals surface area contributed by atoms with Crippen LogP contribution in [0.3, 0.4) is 0 Å². The van der Waals surface area contributed by atoms with Crippen LogP contribution in [-0.4, -0.2) is 11.9 Å². The first kappa shape index (κ1) is 16.0. The minimum absolute atomic E-state index is 0.253. The normalized spacial score (nSPS) is 20.7. The lowest BCUT2D eigenvalue weighted by Crippen LogP contribution is -2.44. The fraction of sp³-hybridized carbons (Fsp3) is 0.176. The second-order valence-corrected chi connectivity index (χ2v) is 5.60. The molecular formula is C17H13F3N2O2. The van der Waals surface area contributed by atoms with Crippen molar-refractivity contribution < 1.29 is 22.8 Å². The molecule has 0 radical (unpaired) electrons. The first-order chi connectivity index (χ1) is 11.2. The summed E-state index contributed by atoms with van der Waals surface area (Å²) in [5.41, 5.74) is -0.699. The SMILES string of the molecule is Cc1ccc(C2(c3ccc(C(F)(F)F)cc3)NC(=O)NC2=O)cc1. The summed E-state index contributed by atoms with van der Waals surface area (Å²) in [5.74, 6) is -0.629. The highest BCUT2D eigenvalue weighted by Gasteiger charge is 2.49. The van der Waals surface area contributed by atoms with E-state index in [2.05, 4.69) is 10.6 Å². The molecule has 2 N–H and O–H groups in total. The third-order valence-corrected chi connectivity index (χ3v) is 4.00. The molecule has 1 aliphatic rings. The van der Waals surface area contributed by atoms with Crippen LogP contribution < -0.4 is 10.6 Å². The molecule has 1 atom stereocenters. The van der Waals surface area contributed by atoms with E-state index < -0.39 is 29.2 Å². The van der Waals surface area contributed by atoms with Crippen LogP contribution in [0, 0.1) is 6.92 Å². The Morgan fingerprint density at radius 1 is 0.875 bits per heavy atom. The van der Waals surface area contributed by atoms with Gasteiger partial charge in [0.2, 0.25) is 0 Å². The number of aryl methyl sites for hydroxylation is 1. The van der Waals surface area contributed by atoms with Gasteiger partial charge in [-0.25, -0.2) is 4.79 Å². The van der Waals surface area contributed by atoms with Crippen molar-refractivity contribution >= 4 is 11.9 Å². The fourth-order valence-corrected chi connectivity index (χ4v) is 2.74. The van der Waals surface area contributed by atoms with E-state index in [1.165, 1.54) is 12.1 Å². The van der Waals surface area contributed by atoms with Gasteiger partial charge in [0.25, 0.3) is 5.91 Å². The van der Waals surface area contributed by atoms with Gasteiger partial charge in [-0.05, 0) is 30.2 Å². The van der Waals surface area contributed by atoms with Gasteiger partial charge in [0, 0.05) is 0 Å². The summed E-state index contributed by atoms with van der Waals surface area (Å²) < 4.78 is 38.2. The van der Waals surface area contributed by atoms with Crippen LogP contribution in [0.4, 0.5) is 18.0 Å². The molecule has 3 amide bonds. The van der Waals surface area contributed by atoms with E-state index in [0.717, 1.165) is 17.7 Å². The van der Waals surface area contributed by atoms with Gasteiger partial charge >= 0.3 is 12.2 Å². The molecule has 0 saturated carbocycles. The number of imide groups is 1. The molecule has 0 bridgehead atoms. The molecule has 4 nitrogen and oxygen atoms in total. The maximum atomic E-state index is 12.7. The van der Waals surface area contributed by atoms with Crippen molar-refractivity contribution in [2.75, 3.05) is 0 Å². The minimum Gasteiger partial charge on any atom is -0.316 e. The van der Waals surface area contributed by atoms with Crippen molar-refractivity contribution in [3.8, 4) is 0 Å². The zero-order valence-corrected chi connectivity index (χ0v) is 12.6. The minimum atomic E-state index is -4.48. The third kappa shape index (κ3) is 2.51. The number of urea groups is 1. The number of hydrogen-bond donors (Lipinski definition) is 2. The Hall–Kier alpha value is -2.83. The second kappa shape index (κ2) is 5.36. The number of rotatable bonds is 2. The van der Waals surface area contributed by atoms with Gasteiger partial charge in [-0.15, -0.1) is 0 Å². The first-order valence-electron chi connectivity index (χ1n) is 7.12. The molecular weight excluding hydrogens is 321 g/mol. The van der Waals surface area contributed by atoms with Crippen LogP contribution in [0.1, 0.15) is 22.3 Å². The van der Waals surface area contributed by atoms with E-state index in [4.69, 9.17) is 0 Å². The molecule has 0 aromatic heterocycles. The van der Waals surface area contributed by atoms with Gasteiger partial charge in [0.15, 0.2) is 5.54 Å². The number of amides is 3. The zero-order chi connectivity index (χ0) is 17.5. The van der Waals surface area contributed by atoms with Crippen molar-refractivity contribution in [3.63, 3.8) is 0 Å². The van der Waals surface area contributed by atoms with Crippen LogP contribution in [0.2, 0.25) is 0 Å². The quantitative estimate of drug-likeness (QED) is 0.829. The van der Waals surface area contributed by atoms with Gasteiger partial charge in [-0.3, -0.25) is 10.1 Å². The summed E-state index contributed by atoms with van der Waals surface area (Å²) >= 11 is 0. The van der Waals surface area contributed by atoms with Crippen molar-refractivity contribution in [2.24, 2.45) is 0 Å². The van der Waals surface area contributed by atoms with Gasteiger partial charge in [0.05, 0.1) is 5.56 Å². The lowest BCUT2D eigenvalue weighted by Gasteiger charge is -2.27. The highest BCUT2D eigenvalue weighted by Crippen LogP contribution is 2.35. The lowest BCUT2D eigenvalue weighted by atomic mass is 9.82.